The van der Waals surface area contributed by atoms with Gasteiger partial charge in [0.1, 0.15) is 0 Å². The third-order valence-corrected chi connectivity index (χ3v) is 3.58. The number of carbonyl (C=O) groups is 1. The largest absolute Gasteiger partial charge is 0.356 e. The maximum Gasteiger partial charge on any atom is 0.219 e. The summed E-state index contributed by atoms with van der Waals surface area (Å²) in [5.74, 6) is 0.217. The molecular weight excluding hydrogens is 282 g/mol. The van der Waals surface area contributed by atoms with Crippen LogP contribution < -0.4 is 5.32 Å². The van der Waals surface area contributed by atoms with Crippen LogP contribution in [0.3, 0.4) is 0 Å². The standard InChI is InChI=1S/C17H35NO.2C2H6/c1-3-5-6-7-8-9-10-11-12-13-14-16-18-17(19)15-4-2;2*1-2/h3-16H2,1-2H3,(H,18,19);2*1-2H3. The maximum absolute atomic E-state index is 11.2. The van der Waals surface area contributed by atoms with Crippen LogP contribution in [0.4, 0.5) is 0 Å². The van der Waals surface area contributed by atoms with Crippen molar-refractivity contribution in [2.75, 3.05) is 6.54 Å². The Labute approximate surface area is 148 Å². The van der Waals surface area contributed by atoms with Gasteiger partial charge in [-0.2, -0.15) is 0 Å². The van der Waals surface area contributed by atoms with Crippen LogP contribution >= 0.6 is 0 Å². The Balaban J connectivity index is -0.000000919. The first-order valence-electron chi connectivity index (χ1n) is 10.6. The Morgan fingerprint density at radius 2 is 1.00 bits per heavy atom. The van der Waals surface area contributed by atoms with Crippen LogP contribution in [0.2, 0.25) is 0 Å². The van der Waals surface area contributed by atoms with Crippen molar-refractivity contribution in [3.05, 3.63) is 0 Å². The molecule has 23 heavy (non-hydrogen) atoms. The molecule has 0 fully saturated rings. The fraction of sp³-hybridized carbons (Fsp3) is 0.952. The second-order valence-electron chi connectivity index (χ2n) is 5.64. The van der Waals surface area contributed by atoms with Crippen LogP contribution in [0.15, 0.2) is 0 Å². The lowest BCUT2D eigenvalue weighted by Gasteiger charge is -2.04. The molecule has 0 spiro atoms. The Hall–Kier alpha value is -0.530. The van der Waals surface area contributed by atoms with Crippen molar-refractivity contribution in [3.63, 3.8) is 0 Å². The summed E-state index contributed by atoms with van der Waals surface area (Å²) in [4.78, 5) is 11.2. The van der Waals surface area contributed by atoms with Gasteiger partial charge in [0.15, 0.2) is 0 Å². The Morgan fingerprint density at radius 1 is 0.609 bits per heavy atom. The topological polar surface area (TPSA) is 29.1 Å². The van der Waals surface area contributed by atoms with Crippen molar-refractivity contribution < 1.29 is 4.79 Å². The second kappa shape index (κ2) is 29.5. The monoisotopic (exact) mass is 329 g/mol. The predicted molar refractivity (Wildman–Crippen MR) is 107 cm³/mol. The van der Waals surface area contributed by atoms with Gasteiger partial charge in [0.05, 0.1) is 0 Å². The van der Waals surface area contributed by atoms with E-state index >= 15 is 0 Å². The fourth-order valence-electron chi connectivity index (χ4n) is 2.33. The van der Waals surface area contributed by atoms with Gasteiger partial charge >= 0.3 is 0 Å². The van der Waals surface area contributed by atoms with Crippen molar-refractivity contribution in [3.8, 4) is 0 Å². The molecule has 1 amide bonds. The van der Waals surface area contributed by atoms with Crippen LogP contribution in [-0.2, 0) is 4.79 Å². The SMILES string of the molecule is CC.CC.CCCCCCCCCCCCCNC(=O)CCC. The molecule has 0 unspecified atom stereocenters. The van der Waals surface area contributed by atoms with Crippen molar-refractivity contribution >= 4 is 5.91 Å². The smallest absolute Gasteiger partial charge is 0.219 e. The van der Waals surface area contributed by atoms with Crippen LogP contribution in [0.5, 0.6) is 0 Å². The molecule has 142 valence electrons. The van der Waals surface area contributed by atoms with Crippen LogP contribution in [0.1, 0.15) is 125 Å². The van der Waals surface area contributed by atoms with E-state index in [9.17, 15) is 4.79 Å². The van der Waals surface area contributed by atoms with E-state index in [1.807, 2.05) is 34.6 Å². The van der Waals surface area contributed by atoms with E-state index in [0.717, 1.165) is 19.4 Å². The Bertz CT molecular complexity index is 192. The zero-order valence-corrected chi connectivity index (χ0v) is 17.3. The Morgan fingerprint density at radius 3 is 1.39 bits per heavy atom. The van der Waals surface area contributed by atoms with E-state index in [2.05, 4.69) is 12.2 Å². The first-order valence-corrected chi connectivity index (χ1v) is 10.6. The zero-order chi connectivity index (χ0) is 18.2. The van der Waals surface area contributed by atoms with Crippen molar-refractivity contribution in [1.82, 2.24) is 5.32 Å². The highest BCUT2D eigenvalue weighted by Gasteiger charge is 1.97. The van der Waals surface area contributed by atoms with Gasteiger partial charge in [0, 0.05) is 13.0 Å². The number of rotatable bonds is 14. The van der Waals surface area contributed by atoms with Crippen LogP contribution in [0.25, 0.3) is 0 Å². The molecule has 0 aliphatic heterocycles. The molecule has 2 nitrogen and oxygen atoms in total. The van der Waals surface area contributed by atoms with Gasteiger partial charge < -0.3 is 5.32 Å². The average Bonchev–Trinajstić information content (AvgIpc) is 2.60. The molecule has 0 aliphatic carbocycles. The van der Waals surface area contributed by atoms with Crippen LogP contribution in [0, 0.1) is 0 Å². The third kappa shape index (κ3) is 30.0. The number of hydrogen-bond donors (Lipinski definition) is 1. The lowest BCUT2D eigenvalue weighted by atomic mass is 10.1. The average molecular weight is 330 g/mol. The van der Waals surface area contributed by atoms with E-state index in [4.69, 9.17) is 0 Å². The molecule has 0 aliphatic rings. The number of unbranched alkanes of at least 4 members (excludes halogenated alkanes) is 10. The highest BCUT2D eigenvalue weighted by Crippen LogP contribution is 2.10. The molecule has 0 aromatic heterocycles. The van der Waals surface area contributed by atoms with Gasteiger partial charge in [-0.15, -0.1) is 0 Å². The van der Waals surface area contributed by atoms with Gasteiger partial charge in [0.25, 0.3) is 0 Å². The number of carbonyl (C=O) groups excluding carboxylic acids is 1. The molecular formula is C21H47NO. The fourth-order valence-corrected chi connectivity index (χ4v) is 2.33. The van der Waals surface area contributed by atoms with Crippen LogP contribution in [-0.4, -0.2) is 12.5 Å². The van der Waals surface area contributed by atoms with Gasteiger partial charge in [-0.25, -0.2) is 0 Å². The molecule has 0 aromatic rings. The van der Waals surface area contributed by atoms with E-state index in [1.165, 1.54) is 64.2 Å². The summed E-state index contributed by atoms with van der Waals surface area (Å²) in [6.07, 6.45) is 16.6. The molecule has 0 atom stereocenters. The van der Waals surface area contributed by atoms with E-state index in [1.54, 1.807) is 0 Å². The summed E-state index contributed by atoms with van der Waals surface area (Å²) in [6, 6.07) is 0. The summed E-state index contributed by atoms with van der Waals surface area (Å²) < 4.78 is 0. The summed E-state index contributed by atoms with van der Waals surface area (Å²) >= 11 is 0. The Kier molecular flexibility index (Phi) is 35.0. The van der Waals surface area contributed by atoms with Crippen molar-refractivity contribution in [1.29, 1.82) is 0 Å². The van der Waals surface area contributed by atoms with Gasteiger partial charge in [-0.05, 0) is 12.8 Å². The minimum atomic E-state index is 0.217. The number of hydrogen-bond acceptors (Lipinski definition) is 1. The lowest BCUT2D eigenvalue weighted by molar-refractivity contribution is -0.121. The minimum Gasteiger partial charge on any atom is -0.356 e. The summed E-state index contributed by atoms with van der Waals surface area (Å²) in [7, 11) is 0. The predicted octanol–water partition coefficient (Wildman–Crippen LogP) is 7.27. The molecule has 1 N–H and O–H groups in total. The number of amides is 1. The molecule has 2 heteroatoms. The molecule has 0 bridgehead atoms. The molecule has 0 saturated heterocycles. The molecule has 0 aromatic carbocycles. The molecule has 0 radical (unpaired) electrons. The zero-order valence-electron chi connectivity index (χ0n) is 17.3. The van der Waals surface area contributed by atoms with Crippen molar-refractivity contribution in [2.24, 2.45) is 0 Å². The number of nitrogens with one attached hydrogen (secondary N) is 1. The summed E-state index contributed by atoms with van der Waals surface area (Å²) in [6.45, 7) is 13.2. The molecule has 0 saturated carbocycles. The van der Waals surface area contributed by atoms with Gasteiger partial charge in [0.2, 0.25) is 5.91 Å². The highest BCUT2D eigenvalue weighted by molar-refractivity contribution is 5.75. The van der Waals surface area contributed by atoms with Gasteiger partial charge in [-0.3, -0.25) is 4.79 Å². The summed E-state index contributed by atoms with van der Waals surface area (Å²) in [5.41, 5.74) is 0. The lowest BCUT2D eigenvalue weighted by Crippen LogP contribution is -2.23. The molecule has 0 heterocycles. The van der Waals surface area contributed by atoms with Gasteiger partial charge in [-0.1, -0.05) is 106 Å². The first kappa shape index (κ1) is 27.3. The first-order chi connectivity index (χ1) is 11.3. The van der Waals surface area contributed by atoms with E-state index in [-0.39, 0.29) is 5.91 Å². The highest BCUT2D eigenvalue weighted by atomic mass is 16.1. The quantitative estimate of drug-likeness (QED) is 0.334. The van der Waals surface area contributed by atoms with Crippen molar-refractivity contribution in [2.45, 2.75) is 125 Å². The normalized spacial score (nSPS) is 9.30. The van der Waals surface area contributed by atoms with E-state index in [0.29, 0.717) is 6.42 Å². The second-order valence-corrected chi connectivity index (χ2v) is 5.64. The summed E-state index contributed by atoms with van der Waals surface area (Å²) in [5, 5.41) is 2.98. The molecule has 0 rings (SSSR count). The van der Waals surface area contributed by atoms with E-state index < -0.39 is 0 Å². The maximum atomic E-state index is 11.2. The third-order valence-electron chi connectivity index (χ3n) is 3.58. The minimum absolute atomic E-state index is 0.217.